The van der Waals surface area contributed by atoms with Crippen LogP contribution in [0.5, 0.6) is 11.5 Å². The van der Waals surface area contributed by atoms with Crippen LogP contribution in [0, 0.1) is 0 Å². The number of hydrogen-bond acceptors (Lipinski definition) is 4. The average molecular weight is 413 g/mol. The molecule has 1 rings (SSSR count). The first-order valence-electron chi connectivity index (χ1n) is 9.08. The molecule has 1 aromatic carbocycles. The number of unbranched alkanes of at least 4 members (excludes halogenated alkanes) is 7. The van der Waals surface area contributed by atoms with E-state index in [1.165, 1.54) is 52.4 Å². The molecule has 0 spiro atoms. The third-order valence-electron chi connectivity index (χ3n) is 3.88. The number of carbonyl (C=O) groups excluding carboxylic acids is 2. The van der Waals surface area contributed by atoms with Gasteiger partial charge in [-0.15, -0.1) is 0 Å². The second-order valence-corrected chi connectivity index (χ2v) is 7.02. The average Bonchev–Trinajstić information content (AvgIpc) is 2.54. The molecule has 0 saturated carbocycles. The molecule has 0 atom stereocenters. The predicted molar refractivity (Wildman–Crippen MR) is 103 cm³/mol. The number of aryl methyl sites for hydroxylation is 1. The number of carbonyl (C=O) groups is 2. The molecule has 0 N–H and O–H groups in total. The van der Waals surface area contributed by atoms with Crippen LogP contribution >= 0.6 is 15.9 Å². The van der Waals surface area contributed by atoms with Crippen molar-refractivity contribution in [3.63, 3.8) is 0 Å². The molecule has 0 saturated heterocycles. The van der Waals surface area contributed by atoms with Gasteiger partial charge in [-0.3, -0.25) is 9.59 Å². The number of benzene rings is 1. The highest BCUT2D eigenvalue weighted by Gasteiger charge is 2.09. The molecule has 0 amide bonds. The van der Waals surface area contributed by atoms with Crippen LogP contribution in [0.3, 0.4) is 0 Å². The minimum Gasteiger partial charge on any atom is -0.427 e. The molecule has 5 heteroatoms. The van der Waals surface area contributed by atoms with Crippen molar-refractivity contribution in [1.82, 2.24) is 0 Å². The van der Waals surface area contributed by atoms with E-state index >= 15 is 0 Å². The summed E-state index contributed by atoms with van der Waals surface area (Å²) in [5, 5.41) is 1.10. The molecule has 0 aliphatic carbocycles. The maximum atomic E-state index is 11.2. The molecular weight excluding hydrogens is 384 g/mol. The number of halogens is 1. The Morgan fingerprint density at radius 3 is 1.96 bits per heavy atom. The van der Waals surface area contributed by atoms with Gasteiger partial charge >= 0.3 is 11.9 Å². The van der Waals surface area contributed by atoms with E-state index < -0.39 is 0 Å². The molecule has 25 heavy (non-hydrogen) atoms. The molecule has 0 aliphatic rings. The van der Waals surface area contributed by atoms with E-state index in [2.05, 4.69) is 15.9 Å². The van der Waals surface area contributed by atoms with Gasteiger partial charge in [-0.2, -0.15) is 0 Å². The second-order valence-electron chi connectivity index (χ2n) is 6.22. The fraction of sp³-hybridized carbons (Fsp3) is 0.600. The summed E-state index contributed by atoms with van der Waals surface area (Å²) in [5.41, 5.74) is 0.909. The molecule has 0 aliphatic heterocycles. The Balaban J connectivity index is 2.43. The Labute approximate surface area is 159 Å². The summed E-state index contributed by atoms with van der Waals surface area (Å²) in [7, 11) is 0. The Hall–Kier alpha value is -1.36. The SMILES string of the molecule is CC(=O)Oc1ccc(OC(C)=O)c(CCCCCCCCCCBr)c1. The summed E-state index contributed by atoms with van der Waals surface area (Å²) in [6.45, 7) is 2.76. The van der Waals surface area contributed by atoms with E-state index in [9.17, 15) is 9.59 Å². The van der Waals surface area contributed by atoms with Gasteiger partial charge in [-0.1, -0.05) is 54.5 Å². The first kappa shape index (κ1) is 21.7. The van der Waals surface area contributed by atoms with Crippen molar-refractivity contribution in [2.24, 2.45) is 0 Å². The lowest BCUT2D eigenvalue weighted by molar-refractivity contribution is -0.133. The Morgan fingerprint density at radius 1 is 0.840 bits per heavy atom. The highest BCUT2D eigenvalue weighted by molar-refractivity contribution is 9.09. The number of hydrogen-bond donors (Lipinski definition) is 0. The molecule has 4 nitrogen and oxygen atoms in total. The summed E-state index contributed by atoms with van der Waals surface area (Å²) < 4.78 is 10.4. The quantitative estimate of drug-likeness (QED) is 0.194. The normalized spacial score (nSPS) is 10.5. The molecule has 0 aromatic heterocycles. The Morgan fingerprint density at radius 2 is 1.40 bits per heavy atom. The number of rotatable bonds is 12. The highest BCUT2D eigenvalue weighted by Crippen LogP contribution is 2.26. The molecule has 0 unspecified atom stereocenters. The van der Waals surface area contributed by atoms with Gasteiger partial charge in [0.25, 0.3) is 0 Å². The first-order chi connectivity index (χ1) is 12.0. The van der Waals surface area contributed by atoms with E-state index in [1.807, 2.05) is 0 Å². The van der Waals surface area contributed by atoms with Crippen molar-refractivity contribution in [2.75, 3.05) is 5.33 Å². The monoisotopic (exact) mass is 412 g/mol. The van der Waals surface area contributed by atoms with Crippen LogP contribution in [0.25, 0.3) is 0 Å². The summed E-state index contributed by atoms with van der Waals surface area (Å²) in [5.74, 6) is 0.347. The van der Waals surface area contributed by atoms with Crippen LogP contribution in [0.4, 0.5) is 0 Å². The van der Waals surface area contributed by atoms with Crippen molar-refractivity contribution >= 4 is 27.9 Å². The van der Waals surface area contributed by atoms with Gasteiger partial charge in [-0.05, 0) is 43.0 Å². The molecule has 0 bridgehead atoms. The standard InChI is InChI=1S/C20H29BrO4/c1-16(22)24-19-12-13-20(25-17(2)23)18(15-19)11-9-7-5-3-4-6-8-10-14-21/h12-13,15H,3-11,14H2,1-2H3. The fourth-order valence-corrected chi connectivity index (χ4v) is 3.10. The molecule has 0 radical (unpaired) electrons. The number of alkyl halides is 1. The molecule has 0 fully saturated rings. The zero-order valence-electron chi connectivity index (χ0n) is 15.3. The van der Waals surface area contributed by atoms with Crippen molar-refractivity contribution in [3.05, 3.63) is 23.8 Å². The van der Waals surface area contributed by atoms with Crippen molar-refractivity contribution in [1.29, 1.82) is 0 Å². The maximum Gasteiger partial charge on any atom is 0.308 e. The van der Waals surface area contributed by atoms with E-state index in [0.29, 0.717) is 11.5 Å². The topological polar surface area (TPSA) is 52.6 Å². The van der Waals surface area contributed by atoms with Crippen LogP contribution in [-0.2, 0) is 16.0 Å². The van der Waals surface area contributed by atoms with Crippen LogP contribution in [-0.4, -0.2) is 17.3 Å². The minimum absolute atomic E-state index is 0.343. The first-order valence-corrected chi connectivity index (χ1v) is 10.2. The molecule has 0 heterocycles. The molecule has 140 valence electrons. The van der Waals surface area contributed by atoms with E-state index in [4.69, 9.17) is 9.47 Å². The van der Waals surface area contributed by atoms with Crippen LogP contribution in [0.1, 0.15) is 70.8 Å². The largest absolute Gasteiger partial charge is 0.427 e. The van der Waals surface area contributed by atoms with E-state index in [-0.39, 0.29) is 11.9 Å². The predicted octanol–water partition coefficient (Wildman–Crippen LogP) is 5.60. The van der Waals surface area contributed by atoms with E-state index in [1.54, 1.807) is 18.2 Å². The summed E-state index contributed by atoms with van der Waals surface area (Å²) in [6, 6.07) is 5.13. The van der Waals surface area contributed by atoms with Gasteiger partial charge in [0.1, 0.15) is 11.5 Å². The van der Waals surface area contributed by atoms with Crippen LogP contribution in [0.2, 0.25) is 0 Å². The van der Waals surface area contributed by atoms with Crippen molar-refractivity contribution in [2.45, 2.75) is 71.6 Å². The molecular formula is C20H29BrO4. The van der Waals surface area contributed by atoms with Crippen molar-refractivity contribution < 1.29 is 19.1 Å². The van der Waals surface area contributed by atoms with Gasteiger partial charge in [0, 0.05) is 19.2 Å². The van der Waals surface area contributed by atoms with Gasteiger partial charge in [0.2, 0.25) is 0 Å². The summed E-state index contributed by atoms with van der Waals surface area (Å²) in [4.78, 5) is 22.3. The lowest BCUT2D eigenvalue weighted by Gasteiger charge is -2.11. The molecule has 1 aromatic rings. The Kier molecular flexibility index (Phi) is 11.2. The zero-order chi connectivity index (χ0) is 18.5. The van der Waals surface area contributed by atoms with Gasteiger partial charge in [0.15, 0.2) is 0 Å². The third-order valence-corrected chi connectivity index (χ3v) is 4.44. The fourth-order valence-electron chi connectivity index (χ4n) is 2.71. The van der Waals surface area contributed by atoms with Gasteiger partial charge < -0.3 is 9.47 Å². The minimum atomic E-state index is -0.355. The number of ether oxygens (including phenoxy) is 2. The Bertz CT molecular complexity index is 542. The summed E-state index contributed by atoms with van der Waals surface area (Å²) >= 11 is 3.45. The van der Waals surface area contributed by atoms with Gasteiger partial charge in [-0.25, -0.2) is 0 Å². The van der Waals surface area contributed by atoms with Gasteiger partial charge in [0.05, 0.1) is 0 Å². The maximum absolute atomic E-state index is 11.2. The lowest BCUT2D eigenvalue weighted by atomic mass is 10.0. The van der Waals surface area contributed by atoms with E-state index in [0.717, 1.165) is 30.2 Å². The summed E-state index contributed by atoms with van der Waals surface area (Å²) in [6.07, 6.45) is 10.7. The van der Waals surface area contributed by atoms with Crippen LogP contribution in [0.15, 0.2) is 18.2 Å². The second kappa shape index (κ2) is 12.9. The number of esters is 2. The third kappa shape index (κ3) is 10.3. The highest BCUT2D eigenvalue weighted by atomic mass is 79.9. The van der Waals surface area contributed by atoms with Crippen LogP contribution < -0.4 is 9.47 Å². The smallest absolute Gasteiger partial charge is 0.308 e. The zero-order valence-corrected chi connectivity index (χ0v) is 16.9. The van der Waals surface area contributed by atoms with Crippen molar-refractivity contribution in [3.8, 4) is 11.5 Å². The lowest BCUT2D eigenvalue weighted by Crippen LogP contribution is -2.06.